The molecule has 1 aromatic carbocycles. The first-order valence-electron chi connectivity index (χ1n) is 9.91. The van der Waals surface area contributed by atoms with Gasteiger partial charge in [-0.1, -0.05) is 6.42 Å². The van der Waals surface area contributed by atoms with Crippen LogP contribution in [-0.4, -0.2) is 53.1 Å². The zero-order valence-corrected chi connectivity index (χ0v) is 15.8. The van der Waals surface area contributed by atoms with E-state index < -0.39 is 0 Å². The molecule has 2 saturated heterocycles. The minimum Gasteiger partial charge on any atom is -0.494 e. The number of H-pyrrole nitrogens is 1. The summed E-state index contributed by atoms with van der Waals surface area (Å²) >= 11 is 0. The molecule has 1 aromatic heterocycles. The molecule has 1 atom stereocenters. The summed E-state index contributed by atoms with van der Waals surface area (Å²) in [5.74, 6) is 0.848. The zero-order chi connectivity index (χ0) is 18.1. The fourth-order valence-corrected chi connectivity index (χ4v) is 4.39. The van der Waals surface area contributed by atoms with E-state index in [2.05, 4.69) is 21.7 Å². The van der Waals surface area contributed by atoms with E-state index in [1.54, 1.807) is 0 Å². The summed E-state index contributed by atoms with van der Waals surface area (Å²) in [5.41, 5.74) is 1.73. The van der Waals surface area contributed by atoms with Gasteiger partial charge in [-0.05, 0) is 57.5 Å². The lowest BCUT2D eigenvalue weighted by atomic mass is 9.97. The molecule has 2 aliphatic rings. The van der Waals surface area contributed by atoms with Gasteiger partial charge in [-0.25, -0.2) is 0 Å². The number of pyridine rings is 1. The lowest BCUT2D eigenvalue weighted by Gasteiger charge is -2.49. The highest BCUT2D eigenvalue weighted by Gasteiger charge is 2.35. The SMILES string of the molecule is CCOc1ccc2[nH]c(=O)c(CN3CC(N4CCCCC4C)C3)cc2c1. The van der Waals surface area contributed by atoms with Gasteiger partial charge in [0.05, 0.1) is 6.61 Å². The first kappa shape index (κ1) is 17.6. The summed E-state index contributed by atoms with van der Waals surface area (Å²) in [5, 5.41) is 1.03. The first-order valence-corrected chi connectivity index (χ1v) is 9.91. The first-order chi connectivity index (χ1) is 12.6. The number of nitrogens with one attached hydrogen (secondary N) is 1. The molecule has 1 N–H and O–H groups in total. The largest absolute Gasteiger partial charge is 0.494 e. The monoisotopic (exact) mass is 355 g/mol. The van der Waals surface area contributed by atoms with Crippen molar-refractivity contribution >= 4 is 10.9 Å². The molecule has 0 bridgehead atoms. The summed E-state index contributed by atoms with van der Waals surface area (Å²) in [6.45, 7) is 9.07. The van der Waals surface area contributed by atoms with Gasteiger partial charge < -0.3 is 9.72 Å². The van der Waals surface area contributed by atoms with Crippen LogP contribution in [0.2, 0.25) is 0 Å². The Bertz CT molecular complexity index is 826. The molecule has 4 rings (SSSR count). The standard InChI is InChI=1S/C21H29N3O2/c1-3-26-19-7-8-20-16(11-19)10-17(21(25)22-20)12-23-13-18(14-23)24-9-5-4-6-15(24)2/h7-8,10-11,15,18H,3-6,9,12-14H2,1-2H3,(H,22,25). The van der Waals surface area contributed by atoms with E-state index in [1.165, 1.54) is 25.8 Å². The molecule has 26 heavy (non-hydrogen) atoms. The predicted octanol–water partition coefficient (Wildman–Crippen LogP) is 2.99. The Morgan fingerprint density at radius 2 is 2.08 bits per heavy atom. The van der Waals surface area contributed by atoms with Crippen LogP contribution >= 0.6 is 0 Å². The number of nitrogens with zero attached hydrogens (tertiary/aromatic N) is 2. The third kappa shape index (κ3) is 3.51. The topological polar surface area (TPSA) is 48.6 Å². The number of piperidine rings is 1. The van der Waals surface area contributed by atoms with Crippen molar-refractivity contribution < 1.29 is 4.74 Å². The molecular formula is C21H29N3O2. The average Bonchev–Trinajstić information content (AvgIpc) is 2.59. The maximum absolute atomic E-state index is 12.4. The molecular weight excluding hydrogens is 326 g/mol. The lowest BCUT2D eigenvalue weighted by molar-refractivity contribution is -0.00635. The second-order valence-electron chi connectivity index (χ2n) is 7.74. The maximum Gasteiger partial charge on any atom is 0.252 e. The van der Waals surface area contributed by atoms with E-state index in [9.17, 15) is 4.79 Å². The number of aromatic amines is 1. The Morgan fingerprint density at radius 3 is 2.85 bits per heavy atom. The highest BCUT2D eigenvalue weighted by atomic mass is 16.5. The van der Waals surface area contributed by atoms with Crippen LogP contribution < -0.4 is 10.3 Å². The number of ether oxygens (including phenoxy) is 1. The van der Waals surface area contributed by atoms with E-state index in [0.717, 1.165) is 41.9 Å². The summed E-state index contributed by atoms with van der Waals surface area (Å²) in [6, 6.07) is 9.22. The van der Waals surface area contributed by atoms with Gasteiger partial charge in [0, 0.05) is 48.2 Å². The molecule has 0 radical (unpaired) electrons. The van der Waals surface area contributed by atoms with Gasteiger partial charge in [0.2, 0.25) is 0 Å². The van der Waals surface area contributed by atoms with Crippen molar-refractivity contribution in [1.82, 2.24) is 14.8 Å². The van der Waals surface area contributed by atoms with E-state index >= 15 is 0 Å². The van der Waals surface area contributed by atoms with Crippen LogP contribution in [0.3, 0.4) is 0 Å². The molecule has 0 aliphatic carbocycles. The Hall–Kier alpha value is -1.85. The number of hydrogen-bond donors (Lipinski definition) is 1. The fraction of sp³-hybridized carbons (Fsp3) is 0.571. The Labute approximate surface area is 154 Å². The molecule has 5 nitrogen and oxygen atoms in total. The molecule has 1 unspecified atom stereocenters. The molecule has 3 heterocycles. The van der Waals surface area contributed by atoms with Crippen molar-refractivity contribution in [3.63, 3.8) is 0 Å². The van der Waals surface area contributed by atoms with Crippen LogP contribution in [0.5, 0.6) is 5.75 Å². The van der Waals surface area contributed by atoms with Crippen LogP contribution in [-0.2, 0) is 6.54 Å². The lowest BCUT2D eigenvalue weighted by Crippen LogP contribution is -2.61. The van der Waals surface area contributed by atoms with Gasteiger partial charge in [0.25, 0.3) is 5.56 Å². The number of benzene rings is 1. The van der Waals surface area contributed by atoms with Gasteiger partial charge in [-0.2, -0.15) is 0 Å². The fourth-order valence-electron chi connectivity index (χ4n) is 4.39. The van der Waals surface area contributed by atoms with E-state index in [-0.39, 0.29) is 5.56 Å². The normalized spacial score (nSPS) is 22.5. The van der Waals surface area contributed by atoms with Gasteiger partial charge in [-0.3, -0.25) is 14.6 Å². The van der Waals surface area contributed by atoms with Crippen molar-refractivity contribution in [3.05, 3.63) is 40.2 Å². The Balaban J connectivity index is 1.44. The van der Waals surface area contributed by atoms with Crippen molar-refractivity contribution in [2.75, 3.05) is 26.2 Å². The molecule has 0 saturated carbocycles. The second-order valence-corrected chi connectivity index (χ2v) is 7.74. The molecule has 0 spiro atoms. The summed E-state index contributed by atoms with van der Waals surface area (Å²) in [4.78, 5) is 20.5. The van der Waals surface area contributed by atoms with Crippen LogP contribution in [0.25, 0.3) is 10.9 Å². The Morgan fingerprint density at radius 1 is 1.23 bits per heavy atom. The molecule has 140 valence electrons. The van der Waals surface area contributed by atoms with Crippen molar-refractivity contribution in [2.45, 2.75) is 51.7 Å². The highest BCUT2D eigenvalue weighted by molar-refractivity contribution is 5.80. The number of rotatable bonds is 5. The van der Waals surface area contributed by atoms with Crippen molar-refractivity contribution in [3.8, 4) is 5.75 Å². The Kier molecular flexibility index (Phi) is 5.00. The average molecular weight is 355 g/mol. The summed E-state index contributed by atoms with van der Waals surface area (Å²) in [6.07, 6.45) is 4.01. The van der Waals surface area contributed by atoms with Crippen molar-refractivity contribution in [1.29, 1.82) is 0 Å². The third-order valence-electron chi connectivity index (χ3n) is 5.86. The quantitative estimate of drug-likeness (QED) is 0.896. The van der Waals surface area contributed by atoms with Gasteiger partial charge in [-0.15, -0.1) is 0 Å². The molecule has 2 fully saturated rings. The van der Waals surface area contributed by atoms with E-state index in [0.29, 0.717) is 18.7 Å². The molecule has 0 amide bonds. The number of hydrogen-bond acceptors (Lipinski definition) is 4. The number of likely N-dealkylation sites (tertiary alicyclic amines) is 2. The predicted molar refractivity (Wildman–Crippen MR) is 105 cm³/mol. The van der Waals surface area contributed by atoms with Crippen molar-refractivity contribution in [2.24, 2.45) is 0 Å². The number of aromatic nitrogens is 1. The molecule has 2 aromatic rings. The highest BCUT2D eigenvalue weighted by Crippen LogP contribution is 2.26. The minimum absolute atomic E-state index is 0.0245. The van der Waals surface area contributed by atoms with Gasteiger partial charge in [0.1, 0.15) is 5.75 Å². The van der Waals surface area contributed by atoms with Crippen LogP contribution in [0.1, 0.15) is 38.7 Å². The van der Waals surface area contributed by atoms with E-state index in [1.807, 2.05) is 31.2 Å². The third-order valence-corrected chi connectivity index (χ3v) is 5.86. The zero-order valence-electron chi connectivity index (χ0n) is 15.8. The molecule has 5 heteroatoms. The van der Waals surface area contributed by atoms with Gasteiger partial charge >= 0.3 is 0 Å². The van der Waals surface area contributed by atoms with Crippen LogP contribution in [0, 0.1) is 0 Å². The van der Waals surface area contributed by atoms with E-state index in [4.69, 9.17) is 4.74 Å². The summed E-state index contributed by atoms with van der Waals surface area (Å²) in [7, 11) is 0. The van der Waals surface area contributed by atoms with Crippen LogP contribution in [0.15, 0.2) is 29.1 Å². The second kappa shape index (κ2) is 7.41. The smallest absolute Gasteiger partial charge is 0.252 e. The minimum atomic E-state index is 0.0245. The number of fused-ring (bicyclic) bond motifs is 1. The maximum atomic E-state index is 12.4. The van der Waals surface area contributed by atoms with Gasteiger partial charge in [0.15, 0.2) is 0 Å². The van der Waals surface area contributed by atoms with Crippen LogP contribution in [0.4, 0.5) is 0 Å². The molecule has 2 aliphatic heterocycles. The summed E-state index contributed by atoms with van der Waals surface area (Å²) < 4.78 is 5.58.